The summed E-state index contributed by atoms with van der Waals surface area (Å²) in [6.45, 7) is 0.718. The van der Waals surface area contributed by atoms with E-state index in [1.54, 1.807) is 6.20 Å². The third-order valence-corrected chi connectivity index (χ3v) is 3.73. The van der Waals surface area contributed by atoms with Crippen molar-refractivity contribution in [3.63, 3.8) is 0 Å². The van der Waals surface area contributed by atoms with Gasteiger partial charge in [-0.1, -0.05) is 30.3 Å². The van der Waals surface area contributed by atoms with Crippen molar-refractivity contribution in [3.05, 3.63) is 60.3 Å². The number of anilines is 1. The Bertz CT molecular complexity index is 788. The lowest BCUT2D eigenvalue weighted by Crippen LogP contribution is -2.20. The van der Waals surface area contributed by atoms with Crippen LogP contribution in [0, 0.1) is 0 Å². The van der Waals surface area contributed by atoms with E-state index in [4.69, 9.17) is 4.74 Å². The zero-order chi connectivity index (χ0) is 14.1. The molecule has 1 aliphatic rings. The average molecular weight is 277 g/mol. The van der Waals surface area contributed by atoms with Crippen molar-refractivity contribution in [2.24, 2.45) is 0 Å². The standard InChI is InChI=1S/C17H15N3O/c1-4-8-16-12(5-1)13(9-10-21-16)19-17-11-18-14-6-2-3-7-15(14)20-17/h1-8,11,13H,9-10H2,(H,19,20). The maximum absolute atomic E-state index is 5.69. The minimum atomic E-state index is 0.213. The zero-order valence-electron chi connectivity index (χ0n) is 11.5. The summed E-state index contributed by atoms with van der Waals surface area (Å²) in [5.41, 5.74) is 3.00. The third-order valence-electron chi connectivity index (χ3n) is 3.73. The molecule has 1 N–H and O–H groups in total. The van der Waals surface area contributed by atoms with Crippen LogP contribution in [0.25, 0.3) is 11.0 Å². The molecule has 0 fully saturated rings. The van der Waals surface area contributed by atoms with Crippen LogP contribution < -0.4 is 10.1 Å². The van der Waals surface area contributed by atoms with Crippen molar-refractivity contribution in [3.8, 4) is 5.75 Å². The van der Waals surface area contributed by atoms with Crippen molar-refractivity contribution in [2.45, 2.75) is 12.5 Å². The molecular formula is C17H15N3O. The van der Waals surface area contributed by atoms with Gasteiger partial charge in [0.05, 0.1) is 29.9 Å². The molecule has 1 aromatic heterocycles. The topological polar surface area (TPSA) is 47.0 Å². The van der Waals surface area contributed by atoms with Crippen molar-refractivity contribution in [2.75, 3.05) is 11.9 Å². The van der Waals surface area contributed by atoms with E-state index in [1.807, 2.05) is 42.5 Å². The zero-order valence-corrected chi connectivity index (χ0v) is 11.5. The van der Waals surface area contributed by atoms with Crippen LogP contribution in [0.5, 0.6) is 5.75 Å². The summed E-state index contributed by atoms with van der Waals surface area (Å²) in [6.07, 6.45) is 2.71. The first-order chi connectivity index (χ1) is 10.4. The van der Waals surface area contributed by atoms with E-state index in [0.29, 0.717) is 0 Å². The van der Waals surface area contributed by atoms with E-state index in [9.17, 15) is 0 Å². The molecule has 0 saturated heterocycles. The molecule has 104 valence electrons. The molecule has 1 aliphatic heterocycles. The summed E-state index contributed by atoms with van der Waals surface area (Å²) in [4.78, 5) is 9.07. The number of nitrogens with one attached hydrogen (secondary N) is 1. The number of hydrogen-bond donors (Lipinski definition) is 1. The van der Waals surface area contributed by atoms with Gasteiger partial charge in [0.25, 0.3) is 0 Å². The monoisotopic (exact) mass is 277 g/mol. The summed E-state index contributed by atoms with van der Waals surface area (Å²) in [6, 6.07) is 16.2. The Kier molecular flexibility index (Phi) is 2.92. The minimum Gasteiger partial charge on any atom is -0.493 e. The lowest BCUT2D eigenvalue weighted by atomic mass is 10.0. The Hall–Kier alpha value is -2.62. The molecule has 4 rings (SSSR count). The Labute approximate surface area is 122 Å². The summed E-state index contributed by atoms with van der Waals surface area (Å²) in [5.74, 6) is 1.76. The molecule has 4 nitrogen and oxygen atoms in total. The molecule has 3 aromatic rings. The predicted molar refractivity (Wildman–Crippen MR) is 82.5 cm³/mol. The van der Waals surface area contributed by atoms with E-state index in [0.717, 1.165) is 35.6 Å². The van der Waals surface area contributed by atoms with E-state index in [1.165, 1.54) is 5.56 Å². The van der Waals surface area contributed by atoms with Gasteiger partial charge in [-0.15, -0.1) is 0 Å². The molecule has 4 heteroatoms. The molecule has 0 bridgehead atoms. The number of nitrogens with zero attached hydrogens (tertiary/aromatic N) is 2. The molecular weight excluding hydrogens is 262 g/mol. The molecule has 0 radical (unpaired) electrons. The van der Waals surface area contributed by atoms with Gasteiger partial charge in [-0.05, 0) is 18.2 Å². The summed E-state index contributed by atoms with van der Waals surface area (Å²) >= 11 is 0. The summed E-state index contributed by atoms with van der Waals surface area (Å²) in [7, 11) is 0. The second-order valence-corrected chi connectivity index (χ2v) is 5.12. The highest BCUT2D eigenvalue weighted by molar-refractivity contribution is 5.75. The number of rotatable bonds is 2. The van der Waals surface area contributed by atoms with Crippen LogP contribution in [0.1, 0.15) is 18.0 Å². The molecule has 0 amide bonds. The van der Waals surface area contributed by atoms with Gasteiger partial charge in [0.15, 0.2) is 0 Å². The second-order valence-electron chi connectivity index (χ2n) is 5.12. The minimum absolute atomic E-state index is 0.213. The molecule has 2 aromatic carbocycles. The van der Waals surface area contributed by atoms with Crippen LogP contribution >= 0.6 is 0 Å². The fourth-order valence-electron chi connectivity index (χ4n) is 2.70. The highest BCUT2D eigenvalue weighted by Crippen LogP contribution is 2.33. The SMILES string of the molecule is c1ccc2c(c1)OCCC2Nc1cnc2ccccc2n1. The van der Waals surface area contributed by atoms with Crippen molar-refractivity contribution >= 4 is 16.9 Å². The van der Waals surface area contributed by atoms with Crippen LogP contribution in [0.3, 0.4) is 0 Å². The molecule has 2 heterocycles. The van der Waals surface area contributed by atoms with Crippen LogP contribution in [-0.2, 0) is 0 Å². The number of hydrogen-bond acceptors (Lipinski definition) is 4. The number of para-hydroxylation sites is 3. The summed E-state index contributed by atoms with van der Waals surface area (Å²) < 4.78 is 5.69. The van der Waals surface area contributed by atoms with E-state index < -0.39 is 0 Å². The highest BCUT2D eigenvalue weighted by atomic mass is 16.5. The second kappa shape index (κ2) is 5.05. The predicted octanol–water partition coefficient (Wildman–Crippen LogP) is 3.57. The van der Waals surface area contributed by atoms with E-state index in [-0.39, 0.29) is 6.04 Å². The van der Waals surface area contributed by atoms with Gasteiger partial charge < -0.3 is 10.1 Å². The molecule has 0 saturated carbocycles. The number of ether oxygens (including phenoxy) is 1. The van der Waals surface area contributed by atoms with Gasteiger partial charge in [0, 0.05) is 12.0 Å². The molecule has 1 unspecified atom stereocenters. The Morgan fingerprint density at radius 2 is 1.81 bits per heavy atom. The largest absolute Gasteiger partial charge is 0.493 e. The third kappa shape index (κ3) is 2.29. The first-order valence-electron chi connectivity index (χ1n) is 7.10. The smallest absolute Gasteiger partial charge is 0.145 e. The lowest BCUT2D eigenvalue weighted by Gasteiger charge is -2.26. The van der Waals surface area contributed by atoms with Gasteiger partial charge in [-0.2, -0.15) is 0 Å². The Morgan fingerprint density at radius 1 is 1.00 bits per heavy atom. The van der Waals surface area contributed by atoms with Crippen LogP contribution in [0.4, 0.5) is 5.82 Å². The van der Waals surface area contributed by atoms with Crippen molar-refractivity contribution in [1.29, 1.82) is 0 Å². The van der Waals surface area contributed by atoms with Gasteiger partial charge >= 0.3 is 0 Å². The van der Waals surface area contributed by atoms with Crippen LogP contribution in [-0.4, -0.2) is 16.6 Å². The first kappa shape index (κ1) is 12.1. The number of fused-ring (bicyclic) bond motifs is 2. The van der Waals surface area contributed by atoms with Crippen molar-refractivity contribution < 1.29 is 4.74 Å². The molecule has 1 atom stereocenters. The van der Waals surface area contributed by atoms with Gasteiger partial charge in [-0.3, -0.25) is 4.98 Å². The highest BCUT2D eigenvalue weighted by Gasteiger charge is 2.21. The molecule has 0 spiro atoms. The molecule has 21 heavy (non-hydrogen) atoms. The van der Waals surface area contributed by atoms with E-state index >= 15 is 0 Å². The van der Waals surface area contributed by atoms with Gasteiger partial charge in [-0.25, -0.2) is 4.98 Å². The maximum atomic E-state index is 5.69. The van der Waals surface area contributed by atoms with Crippen LogP contribution in [0.15, 0.2) is 54.7 Å². The van der Waals surface area contributed by atoms with Crippen molar-refractivity contribution in [1.82, 2.24) is 9.97 Å². The maximum Gasteiger partial charge on any atom is 0.145 e. The number of benzene rings is 2. The Morgan fingerprint density at radius 3 is 2.76 bits per heavy atom. The fraction of sp³-hybridized carbons (Fsp3) is 0.176. The van der Waals surface area contributed by atoms with Gasteiger partial charge in [0.1, 0.15) is 11.6 Å². The molecule has 0 aliphatic carbocycles. The lowest BCUT2D eigenvalue weighted by molar-refractivity contribution is 0.274. The average Bonchev–Trinajstić information content (AvgIpc) is 2.55. The normalized spacial score (nSPS) is 17.0. The van der Waals surface area contributed by atoms with Gasteiger partial charge in [0.2, 0.25) is 0 Å². The first-order valence-corrected chi connectivity index (χ1v) is 7.10. The van der Waals surface area contributed by atoms with Crippen LogP contribution in [0.2, 0.25) is 0 Å². The number of aromatic nitrogens is 2. The van der Waals surface area contributed by atoms with E-state index in [2.05, 4.69) is 21.4 Å². The summed E-state index contributed by atoms with van der Waals surface area (Å²) in [5, 5.41) is 3.48. The quantitative estimate of drug-likeness (QED) is 0.778. The fourth-order valence-corrected chi connectivity index (χ4v) is 2.70. The Balaban J connectivity index is 1.66.